The Hall–Kier alpha value is -1.30. The Morgan fingerprint density at radius 2 is 1.71 bits per heavy atom. The molecule has 0 radical (unpaired) electrons. The van der Waals surface area contributed by atoms with Crippen molar-refractivity contribution in [3.63, 3.8) is 0 Å². The van der Waals surface area contributed by atoms with Crippen LogP contribution in [-0.2, 0) is 0 Å². The Balaban J connectivity index is 2.78. The van der Waals surface area contributed by atoms with Crippen molar-refractivity contribution in [3.05, 3.63) is 30.1 Å². The molecule has 2 N–H and O–H groups in total. The van der Waals surface area contributed by atoms with Crippen molar-refractivity contribution >= 4 is 5.69 Å². The normalized spacial score (nSPS) is 11.6. The minimum Gasteiger partial charge on any atom is -0.363 e. The molecule has 0 unspecified atom stereocenters. The van der Waals surface area contributed by atoms with Gasteiger partial charge in [-0.25, -0.2) is 4.39 Å². The van der Waals surface area contributed by atoms with Crippen molar-refractivity contribution in [1.29, 1.82) is 0 Å². The molecule has 0 aliphatic rings. The number of nitrogens with zero attached hydrogens (tertiary/aromatic N) is 1. The molecule has 0 spiro atoms. The minimum atomic E-state index is -4.29. The first kappa shape index (κ1) is 13.8. The third-order valence-electron chi connectivity index (χ3n) is 2.19. The van der Waals surface area contributed by atoms with E-state index in [0.29, 0.717) is 18.7 Å². The van der Waals surface area contributed by atoms with Gasteiger partial charge in [-0.15, -0.1) is 0 Å². The average molecular weight is 250 g/mol. The van der Waals surface area contributed by atoms with Gasteiger partial charge in [0, 0.05) is 12.2 Å². The van der Waals surface area contributed by atoms with Gasteiger partial charge in [0.1, 0.15) is 12.4 Å². The van der Waals surface area contributed by atoms with E-state index in [0.717, 1.165) is 17.0 Å². The van der Waals surface area contributed by atoms with Gasteiger partial charge in [0.05, 0.1) is 0 Å². The molecule has 1 aromatic carbocycles. The van der Waals surface area contributed by atoms with Gasteiger partial charge >= 0.3 is 6.18 Å². The summed E-state index contributed by atoms with van der Waals surface area (Å²) < 4.78 is 49.7. The van der Waals surface area contributed by atoms with Crippen LogP contribution in [0.1, 0.15) is 6.42 Å². The van der Waals surface area contributed by atoms with Crippen LogP contribution in [-0.4, -0.2) is 25.8 Å². The van der Waals surface area contributed by atoms with Crippen LogP contribution in [0.25, 0.3) is 0 Å². The maximum atomic E-state index is 12.7. The molecule has 0 fully saturated rings. The number of halogens is 4. The average Bonchev–Trinajstić information content (AvgIpc) is 2.24. The van der Waals surface area contributed by atoms with Gasteiger partial charge in [0.25, 0.3) is 0 Å². The van der Waals surface area contributed by atoms with E-state index in [1.807, 2.05) is 0 Å². The highest BCUT2D eigenvalue weighted by Crippen LogP contribution is 2.22. The fourth-order valence-electron chi connectivity index (χ4n) is 1.45. The number of benzene rings is 1. The van der Waals surface area contributed by atoms with Gasteiger partial charge in [-0.2, -0.15) is 13.2 Å². The van der Waals surface area contributed by atoms with Gasteiger partial charge in [0.15, 0.2) is 0 Å². The lowest BCUT2D eigenvalue weighted by Crippen LogP contribution is -2.35. The van der Waals surface area contributed by atoms with Crippen molar-refractivity contribution < 1.29 is 17.6 Å². The van der Waals surface area contributed by atoms with E-state index >= 15 is 0 Å². The highest BCUT2D eigenvalue weighted by atomic mass is 19.4. The Morgan fingerprint density at radius 3 is 2.18 bits per heavy atom. The summed E-state index contributed by atoms with van der Waals surface area (Å²) >= 11 is 0. The summed E-state index contributed by atoms with van der Waals surface area (Å²) in [6.45, 7) is -0.546. The van der Waals surface area contributed by atoms with Crippen LogP contribution >= 0.6 is 0 Å². The molecule has 1 aromatic rings. The molecule has 0 aliphatic heterocycles. The highest BCUT2D eigenvalue weighted by Gasteiger charge is 2.30. The third kappa shape index (κ3) is 5.04. The molecule has 0 saturated carbocycles. The van der Waals surface area contributed by atoms with E-state index in [1.165, 1.54) is 12.1 Å². The molecule has 0 bridgehead atoms. The third-order valence-corrected chi connectivity index (χ3v) is 2.19. The van der Waals surface area contributed by atoms with E-state index in [1.54, 1.807) is 0 Å². The van der Waals surface area contributed by atoms with Gasteiger partial charge in [-0.05, 0) is 37.2 Å². The number of hydrogen-bond acceptors (Lipinski definition) is 2. The second-order valence-corrected chi connectivity index (χ2v) is 3.66. The second kappa shape index (κ2) is 5.86. The predicted molar refractivity (Wildman–Crippen MR) is 58.3 cm³/mol. The van der Waals surface area contributed by atoms with Crippen molar-refractivity contribution in [2.24, 2.45) is 5.73 Å². The SMILES string of the molecule is NCCCN(CC(F)(F)F)c1ccc(F)cc1. The van der Waals surface area contributed by atoms with Gasteiger partial charge in [-0.1, -0.05) is 0 Å². The molecular weight excluding hydrogens is 236 g/mol. The topological polar surface area (TPSA) is 29.3 Å². The first-order valence-electron chi connectivity index (χ1n) is 5.20. The molecule has 0 heterocycles. The first-order valence-corrected chi connectivity index (χ1v) is 5.20. The molecule has 1 rings (SSSR count). The number of hydrogen-bond donors (Lipinski definition) is 1. The summed E-state index contributed by atoms with van der Waals surface area (Å²) in [7, 11) is 0. The Kier molecular flexibility index (Phi) is 4.74. The highest BCUT2D eigenvalue weighted by molar-refractivity contribution is 5.46. The molecule has 0 amide bonds. The summed E-state index contributed by atoms with van der Waals surface area (Å²) in [4.78, 5) is 1.15. The molecule has 0 saturated heterocycles. The molecule has 0 aromatic heterocycles. The largest absolute Gasteiger partial charge is 0.405 e. The predicted octanol–water partition coefficient (Wildman–Crippen LogP) is 2.54. The van der Waals surface area contributed by atoms with Crippen molar-refractivity contribution in [1.82, 2.24) is 0 Å². The van der Waals surface area contributed by atoms with Crippen LogP contribution in [0.5, 0.6) is 0 Å². The Bertz CT molecular complexity index is 334. The summed E-state index contributed by atoms with van der Waals surface area (Å²) in [5.41, 5.74) is 5.62. The molecule has 2 nitrogen and oxygen atoms in total. The molecule has 6 heteroatoms. The van der Waals surface area contributed by atoms with E-state index in [4.69, 9.17) is 5.73 Å². The van der Waals surface area contributed by atoms with E-state index < -0.39 is 18.5 Å². The van der Waals surface area contributed by atoms with Crippen LogP contribution in [0, 0.1) is 5.82 Å². The quantitative estimate of drug-likeness (QED) is 0.814. The van der Waals surface area contributed by atoms with Crippen LogP contribution < -0.4 is 10.6 Å². The number of anilines is 1. The lowest BCUT2D eigenvalue weighted by molar-refractivity contribution is -0.119. The molecule has 17 heavy (non-hydrogen) atoms. The molecule has 0 atom stereocenters. The first-order chi connectivity index (χ1) is 7.92. The maximum absolute atomic E-state index is 12.7. The number of rotatable bonds is 5. The number of alkyl halides is 3. The number of nitrogens with two attached hydrogens (primary N) is 1. The molecule has 0 aliphatic carbocycles. The Labute approximate surface area is 97.0 Å². The Morgan fingerprint density at radius 1 is 1.12 bits per heavy atom. The monoisotopic (exact) mass is 250 g/mol. The lowest BCUT2D eigenvalue weighted by atomic mass is 10.2. The van der Waals surface area contributed by atoms with Gasteiger partial charge < -0.3 is 10.6 Å². The van der Waals surface area contributed by atoms with Crippen molar-refractivity contribution in [3.8, 4) is 0 Å². The van der Waals surface area contributed by atoms with E-state index in [-0.39, 0.29) is 6.54 Å². The zero-order valence-electron chi connectivity index (χ0n) is 9.17. The zero-order valence-corrected chi connectivity index (χ0v) is 9.17. The summed E-state index contributed by atoms with van der Waals surface area (Å²) in [5, 5.41) is 0. The van der Waals surface area contributed by atoms with Crippen molar-refractivity contribution in [2.75, 3.05) is 24.5 Å². The maximum Gasteiger partial charge on any atom is 0.405 e. The van der Waals surface area contributed by atoms with Gasteiger partial charge in [0.2, 0.25) is 0 Å². The fourth-order valence-corrected chi connectivity index (χ4v) is 1.45. The van der Waals surface area contributed by atoms with Crippen molar-refractivity contribution in [2.45, 2.75) is 12.6 Å². The smallest absolute Gasteiger partial charge is 0.363 e. The standard InChI is InChI=1S/C11H14F4N2/c12-9-2-4-10(5-3-9)17(7-1-6-16)8-11(13,14)15/h2-5H,1,6-8,16H2. The summed E-state index contributed by atoms with van der Waals surface area (Å²) in [6.07, 6.45) is -3.84. The van der Waals surface area contributed by atoms with Crippen LogP contribution in [0.2, 0.25) is 0 Å². The zero-order chi connectivity index (χ0) is 12.9. The molecule has 96 valence electrons. The van der Waals surface area contributed by atoms with E-state index in [9.17, 15) is 17.6 Å². The van der Waals surface area contributed by atoms with Crippen LogP contribution in [0.3, 0.4) is 0 Å². The van der Waals surface area contributed by atoms with E-state index in [2.05, 4.69) is 0 Å². The lowest BCUT2D eigenvalue weighted by Gasteiger charge is -2.25. The second-order valence-electron chi connectivity index (χ2n) is 3.66. The fraction of sp³-hybridized carbons (Fsp3) is 0.455. The minimum absolute atomic E-state index is 0.196. The van der Waals surface area contributed by atoms with Gasteiger partial charge in [-0.3, -0.25) is 0 Å². The van der Waals surface area contributed by atoms with Crippen LogP contribution in [0.4, 0.5) is 23.2 Å². The molecular formula is C11H14F4N2. The summed E-state index contributed by atoms with van der Waals surface area (Å²) in [6, 6.07) is 4.94. The summed E-state index contributed by atoms with van der Waals surface area (Å²) in [5.74, 6) is -0.473. The van der Waals surface area contributed by atoms with Crippen LogP contribution in [0.15, 0.2) is 24.3 Å².